The number of fused-ring (bicyclic) bond motifs is 4. The Balaban J connectivity index is 1.92. The zero-order valence-corrected chi connectivity index (χ0v) is 15.9. The first-order valence-corrected chi connectivity index (χ1v) is 9.74. The Morgan fingerprint density at radius 3 is 2.88 bits per heavy atom. The molecule has 1 fully saturated rings. The molecule has 2 aromatic rings. The van der Waals surface area contributed by atoms with Gasteiger partial charge in [-0.1, -0.05) is 24.4 Å². The predicted molar refractivity (Wildman–Crippen MR) is 104 cm³/mol. The van der Waals surface area contributed by atoms with E-state index in [0.717, 1.165) is 59.2 Å². The summed E-state index contributed by atoms with van der Waals surface area (Å²) >= 11 is 6.30. The first kappa shape index (κ1) is 16.9. The van der Waals surface area contributed by atoms with Crippen LogP contribution in [0.1, 0.15) is 32.1 Å². The molecule has 0 amide bonds. The molecule has 1 aromatic carbocycles. The van der Waals surface area contributed by atoms with Gasteiger partial charge in [0.2, 0.25) is 0 Å². The van der Waals surface area contributed by atoms with E-state index in [2.05, 4.69) is 35.7 Å². The van der Waals surface area contributed by atoms with Gasteiger partial charge in [-0.15, -0.1) is 0 Å². The third-order valence-electron chi connectivity index (χ3n) is 5.69. The second-order valence-corrected chi connectivity index (χ2v) is 8.15. The highest BCUT2D eigenvalue weighted by Crippen LogP contribution is 2.32. The number of hydrogen-bond acceptors (Lipinski definition) is 3. The van der Waals surface area contributed by atoms with Crippen molar-refractivity contribution in [1.82, 2.24) is 9.47 Å². The van der Waals surface area contributed by atoms with Crippen LogP contribution in [0.4, 0.5) is 0 Å². The standard InChI is InChI=1S/C20H27ClN4/c1-24(2)10-5-11-25-17-9-8-13(21)12-15(17)18-19(22)14-6-3-4-7-16(14)23-20(18)25/h8-9,12,14,16H,3-7,10-11,22H2,1-2H3. The highest BCUT2D eigenvalue weighted by molar-refractivity contribution is 6.31. The minimum absolute atomic E-state index is 0.355. The van der Waals surface area contributed by atoms with Crippen molar-refractivity contribution in [2.45, 2.75) is 44.7 Å². The SMILES string of the molecule is CN(C)CCCn1c2c(c3cc(Cl)ccc31)=C(N)C1CCCCC1N=2. The molecule has 1 aromatic heterocycles. The third-order valence-corrected chi connectivity index (χ3v) is 5.93. The molecule has 134 valence electrons. The van der Waals surface area contributed by atoms with Gasteiger partial charge in [0.05, 0.1) is 11.6 Å². The molecular weight excluding hydrogens is 332 g/mol. The van der Waals surface area contributed by atoms with Crippen molar-refractivity contribution in [3.8, 4) is 0 Å². The highest BCUT2D eigenvalue weighted by Gasteiger charge is 2.31. The van der Waals surface area contributed by atoms with E-state index in [-0.39, 0.29) is 0 Å². The van der Waals surface area contributed by atoms with Crippen LogP contribution < -0.4 is 16.4 Å². The summed E-state index contributed by atoms with van der Waals surface area (Å²) in [5.41, 5.74) is 10.0. The van der Waals surface area contributed by atoms with Crippen LogP contribution in [0.15, 0.2) is 23.2 Å². The first-order chi connectivity index (χ1) is 12.1. The summed E-state index contributed by atoms with van der Waals surface area (Å²) in [5.74, 6) is 0.404. The van der Waals surface area contributed by atoms with Gasteiger partial charge in [-0.25, -0.2) is 0 Å². The van der Waals surface area contributed by atoms with Crippen molar-refractivity contribution in [2.75, 3.05) is 20.6 Å². The maximum absolute atomic E-state index is 6.70. The Bertz CT molecular complexity index is 912. The van der Waals surface area contributed by atoms with Crippen molar-refractivity contribution < 1.29 is 0 Å². The Morgan fingerprint density at radius 1 is 1.28 bits per heavy atom. The smallest absolute Gasteiger partial charge is 0.138 e. The van der Waals surface area contributed by atoms with E-state index in [1.807, 2.05) is 6.07 Å². The van der Waals surface area contributed by atoms with E-state index in [1.54, 1.807) is 0 Å². The number of nitrogens with two attached hydrogens (primary N) is 1. The Labute approximate surface area is 154 Å². The van der Waals surface area contributed by atoms with Gasteiger partial charge < -0.3 is 15.2 Å². The molecule has 2 atom stereocenters. The van der Waals surface area contributed by atoms with Crippen LogP contribution in [-0.2, 0) is 6.54 Å². The van der Waals surface area contributed by atoms with Gasteiger partial charge in [0.1, 0.15) is 5.49 Å². The van der Waals surface area contributed by atoms with Crippen molar-refractivity contribution in [3.05, 3.63) is 33.9 Å². The molecule has 2 heterocycles. The van der Waals surface area contributed by atoms with E-state index in [1.165, 1.54) is 18.4 Å². The first-order valence-electron chi connectivity index (χ1n) is 9.36. The largest absolute Gasteiger partial charge is 0.401 e. The number of hydrogen-bond donors (Lipinski definition) is 1. The topological polar surface area (TPSA) is 46.5 Å². The average Bonchev–Trinajstić information content (AvgIpc) is 2.88. The Kier molecular flexibility index (Phi) is 4.50. The van der Waals surface area contributed by atoms with Crippen LogP contribution >= 0.6 is 11.6 Å². The molecular formula is C20H27ClN4. The summed E-state index contributed by atoms with van der Waals surface area (Å²) < 4.78 is 2.36. The molecule has 1 aliphatic carbocycles. The number of benzene rings is 1. The molecule has 0 radical (unpaired) electrons. The summed E-state index contributed by atoms with van der Waals surface area (Å²) in [6, 6.07) is 6.51. The molecule has 4 rings (SSSR count). The summed E-state index contributed by atoms with van der Waals surface area (Å²) in [6.45, 7) is 2.02. The summed E-state index contributed by atoms with van der Waals surface area (Å²) in [7, 11) is 4.23. The molecule has 2 N–H and O–H groups in total. The molecule has 0 saturated heterocycles. The van der Waals surface area contributed by atoms with Crippen LogP contribution in [0.25, 0.3) is 16.6 Å². The lowest BCUT2D eigenvalue weighted by molar-refractivity contribution is 0.352. The highest BCUT2D eigenvalue weighted by atomic mass is 35.5. The lowest BCUT2D eigenvalue weighted by Crippen LogP contribution is -2.45. The van der Waals surface area contributed by atoms with Gasteiger partial charge in [0.25, 0.3) is 0 Å². The average molecular weight is 359 g/mol. The van der Waals surface area contributed by atoms with E-state index < -0.39 is 0 Å². The second-order valence-electron chi connectivity index (χ2n) is 7.71. The Morgan fingerprint density at radius 2 is 2.08 bits per heavy atom. The van der Waals surface area contributed by atoms with Crippen LogP contribution in [0.5, 0.6) is 0 Å². The normalized spacial score (nSPS) is 22.8. The van der Waals surface area contributed by atoms with Crippen molar-refractivity contribution >= 4 is 28.2 Å². The Hall–Kier alpha value is -1.52. The van der Waals surface area contributed by atoms with E-state index in [4.69, 9.17) is 22.3 Å². The zero-order valence-electron chi connectivity index (χ0n) is 15.1. The second kappa shape index (κ2) is 6.65. The van der Waals surface area contributed by atoms with Gasteiger partial charge in [-0.05, 0) is 58.1 Å². The van der Waals surface area contributed by atoms with Gasteiger partial charge in [-0.2, -0.15) is 0 Å². The molecule has 25 heavy (non-hydrogen) atoms. The number of nitrogens with zero attached hydrogens (tertiary/aromatic N) is 3. The number of halogens is 1. The number of rotatable bonds is 4. The van der Waals surface area contributed by atoms with Crippen LogP contribution in [0.2, 0.25) is 5.02 Å². The fourth-order valence-corrected chi connectivity index (χ4v) is 4.65. The van der Waals surface area contributed by atoms with Crippen molar-refractivity contribution in [2.24, 2.45) is 16.6 Å². The third kappa shape index (κ3) is 2.96. The van der Waals surface area contributed by atoms with Crippen molar-refractivity contribution in [1.29, 1.82) is 0 Å². The van der Waals surface area contributed by atoms with Crippen LogP contribution in [-0.4, -0.2) is 36.1 Å². The van der Waals surface area contributed by atoms with Gasteiger partial charge in [-0.3, -0.25) is 4.99 Å². The molecule has 0 bridgehead atoms. The molecule has 1 saturated carbocycles. The van der Waals surface area contributed by atoms with Gasteiger partial charge in [0, 0.05) is 33.8 Å². The van der Waals surface area contributed by atoms with E-state index >= 15 is 0 Å². The van der Waals surface area contributed by atoms with Crippen molar-refractivity contribution in [3.63, 3.8) is 0 Å². The van der Waals surface area contributed by atoms with Crippen LogP contribution in [0.3, 0.4) is 0 Å². The fraction of sp³-hybridized carbons (Fsp3) is 0.550. The molecule has 5 heteroatoms. The van der Waals surface area contributed by atoms with Gasteiger partial charge in [0.15, 0.2) is 0 Å². The van der Waals surface area contributed by atoms with E-state index in [0.29, 0.717) is 12.0 Å². The maximum atomic E-state index is 6.70. The predicted octanol–water partition coefficient (Wildman–Crippen LogP) is 2.51. The van der Waals surface area contributed by atoms with Crippen LogP contribution in [0, 0.1) is 5.92 Å². The quantitative estimate of drug-likeness (QED) is 0.912. The minimum atomic E-state index is 0.355. The minimum Gasteiger partial charge on any atom is -0.401 e. The summed E-state index contributed by atoms with van der Waals surface area (Å²) in [6.07, 6.45) is 5.93. The number of aryl methyl sites for hydroxylation is 1. The summed E-state index contributed by atoms with van der Waals surface area (Å²) in [5, 5.41) is 3.07. The molecule has 4 nitrogen and oxygen atoms in total. The zero-order chi connectivity index (χ0) is 17.6. The lowest BCUT2D eigenvalue weighted by atomic mass is 9.81. The lowest BCUT2D eigenvalue weighted by Gasteiger charge is -2.31. The molecule has 2 aliphatic rings. The monoisotopic (exact) mass is 358 g/mol. The summed E-state index contributed by atoms with van der Waals surface area (Å²) in [4.78, 5) is 7.41. The van der Waals surface area contributed by atoms with E-state index in [9.17, 15) is 0 Å². The maximum Gasteiger partial charge on any atom is 0.138 e. The van der Waals surface area contributed by atoms with Gasteiger partial charge >= 0.3 is 0 Å². The fourth-order valence-electron chi connectivity index (χ4n) is 4.47. The number of aromatic nitrogens is 1. The molecule has 0 spiro atoms. The molecule has 2 unspecified atom stereocenters. The molecule has 1 aliphatic heterocycles.